The number of carbonyl (C=O) groups is 1. The molecule has 1 aromatic heterocycles. The Bertz CT molecular complexity index is 706. The summed E-state index contributed by atoms with van der Waals surface area (Å²) in [6, 6.07) is 8.07. The zero-order valence-electron chi connectivity index (χ0n) is 14.9. The standard InChI is InChI=1S/C18H24N4O2S/c1-20(2)18(23)22-10-8-21(9-11-22)12-15-13-25-17(19-15)14-4-6-16(24-3)7-5-14/h4-7,13H,8-12H2,1-3H3. The molecule has 6 nitrogen and oxygen atoms in total. The van der Waals surface area contributed by atoms with Crippen molar-refractivity contribution in [1.82, 2.24) is 19.7 Å². The van der Waals surface area contributed by atoms with Crippen LogP contribution in [0, 0.1) is 0 Å². The molecular weight excluding hydrogens is 336 g/mol. The maximum atomic E-state index is 12.0. The number of urea groups is 1. The van der Waals surface area contributed by atoms with E-state index >= 15 is 0 Å². The highest BCUT2D eigenvalue weighted by molar-refractivity contribution is 7.13. The number of carbonyl (C=O) groups excluding carboxylic acids is 1. The largest absolute Gasteiger partial charge is 0.497 e. The molecule has 134 valence electrons. The molecule has 7 heteroatoms. The Morgan fingerprint density at radius 2 is 1.88 bits per heavy atom. The van der Waals surface area contributed by atoms with E-state index in [1.165, 1.54) is 0 Å². The van der Waals surface area contributed by atoms with E-state index in [1.807, 2.05) is 29.2 Å². The molecule has 1 aliphatic heterocycles. The quantitative estimate of drug-likeness (QED) is 0.841. The van der Waals surface area contributed by atoms with Crippen molar-refractivity contribution in [2.24, 2.45) is 0 Å². The molecular formula is C18H24N4O2S. The second-order valence-corrected chi connectivity index (χ2v) is 7.17. The smallest absolute Gasteiger partial charge is 0.319 e. The monoisotopic (exact) mass is 360 g/mol. The van der Waals surface area contributed by atoms with Crippen molar-refractivity contribution < 1.29 is 9.53 Å². The maximum Gasteiger partial charge on any atom is 0.319 e. The summed E-state index contributed by atoms with van der Waals surface area (Å²) >= 11 is 1.66. The van der Waals surface area contributed by atoms with Crippen molar-refractivity contribution in [3.63, 3.8) is 0 Å². The minimum atomic E-state index is 0.0927. The van der Waals surface area contributed by atoms with Crippen LogP contribution < -0.4 is 4.74 Å². The van der Waals surface area contributed by atoms with Crippen molar-refractivity contribution in [2.45, 2.75) is 6.54 Å². The molecule has 0 saturated carbocycles. The Morgan fingerprint density at radius 3 is 2.48 bits per heavy atom. The van der Waals surface area contributed by atoms with Crippen LogP contribution in [0.5, 0.6) is 5.75 Å². The molecule has 25 heavy (non-hydrogen) atoms. The summed E-state index contributed by atoms with van der Waals surface area (Å²) in [4.78, 5) is 22.6. The van der Waals surface area contributed by atoms with Gasteiger partial charge in [0.1, 0.15) is 10.8 Å². The summed E-state index contributed by atoms with van der Waals surface area (Å²) in [6.07, 6.45) is 0. The second-order valence-electron chi connectivity index (χ2n) is 6.31. The Morgan fingerprint density at radius 1 is 1.20 bits per heavy atom. The number of methoxy groups -OCH3 is 1. The Hall–Kier alpha value is -2.12. The van der Waals surface area contributed by atoms with Gasteiger partial charge in [-0.25, -0.2) is 9.78 Å². The van der Waals surface area contributed by atoms with Gasteiger partial charge in [0.15, 0.2) is 0 Å². The lowest BCUT2D eigenvalue weighted by atomic mass is 10.2. The SMILES string of the molecule is COc1ccc(-c2nc(CN3CCN(C(=O)N(C)C)CC3)cs2)cc1. The van der Waals surface area contributed by atoms with Gasteiger partial charge >= 0.3 is 6.03 Å². The van der Waals surface area contributed by atoms with Crippen molar-refractivity contribution in [3.8, 4) is 16.3 Å². The van der Waals surface area contributed by atoms with Gasteiger partial charge in [0.05, 0.1) is 12.8 Å². The molecule has 2 heterocycles. The normalized spacial score (nSPS) is 15.2. The number of aromatic nitrogens is 1. The number of hydrogen-bond donors (Lipinski definition) is 0. The van der Waals surface area contributed by atoms with Crippen molar-refractivity contribution in [1.29, 1.82) is 0 Å². The van der Waals surface area contributed by atoms with Crippen LogP contribution >= 0.6 is 11.3 Å². The van der Waals surface area contributed by atoms with Crippen molar-refractivity contribution in [3.05, 3.63) is 35.3 Å². The van der Waals surface area contributed by atoms with Crippen LogP contribution in [-0.4, -0.2) is 73.1 Å². The van der Waals surface area contributed by atoms with E-state index in [2.05, 4.69) is 10.3 Å². The summed E-state index contributed by atoms with van der Waals surface area (Å²) in [7, 11) is 5.26. The number of thiazole rings is 1. The van der Waals surface area contributed by atoms with Crippen LogP contribution in [0.3, 0.4) is 0 Å². The minimum Gasteiger partial charge on any atom is -0.497 e. The lowest BCUT2D eigenvalue weighted by Crippen LogP contribution is -2.51. The summed E-state index contributed by atoms with van der Waals surface area (Å²) < 4.78 is 5.20. The van der Waals surface area contributed by atoms with Crippen LogP contribution in [0.4, 0.5) is 4.79 Å². The highest BCUT2D eigenvalue weighted by Gasteiger charge is 2.22. The third kappa shape index (κ3) is 4.29. The van der Waals surface area contributed by atoms with Gasteiger partial charge in [-0.3, -0.25) is 4.90 Å². The summed E-state index contributed by atoms with van der Waals surface area (Å²) in [5.74, 6) is 0.852. The van der Waals surface area contributed by atoms with Crippen LogP contribution in [0.1, 0.15) is 5.69 Å². The number of amides is 2. The van der Waals surface area contributed by atoms with Crippen LogP contribution in [-0.2, 0) is 6.54 Å². The first-order valence-corrected chi connectivity index (χ1v) is 9.22. The lowest BCUT2D eigenvalue weighted by molar-refractivity contribution is 0.119. The van der Waals surface area contributed by atoms with Crippen molar-refractivity contribution in [2.75, 3.05) is 47.4 Å². The molecule has 1 fully saturated rings. The summed E-state index contributed by atoms with van der Waals surface area (Å²) in [5.41, 5.74) is 2.20. The zero-order valence-corrected chi connectivity index (χ0v) is 15.8. The molecule has 1 aliphatic rings. The van der Waals surface area contributed by atoms with E-state index in [4.69, 9.17) is 9.72 Å². The first kappa shape index (κ1) is 17.7. The minimum absolute atomic E-state index is 0.0927. The van der Waals surface area contributed by atoms with Gasteiger partial charge in [-0.15, -0.1) is 11.3 Å². The molecule has 1 saturated heterocycles. The molecule has 0 spiro atoms. The summed E-state index contributed by atoms with van der Waals surface area (Å²) in [5, 5.41) is 3.15. The number of piperazine rings is 1. The fourth-order valence-electron chi connectivity index (χ4n) is 2.85. The highest BCUT2D eigenvalue weighted by Crippen LogP contribution is 2.26. The van der Waals surface area contributed by atoms with E-state index in [1.54, 1.807) is 37.4 Å². The molecule has 0 atom stereocenters. The van der Waals surface area contributed by atoms with Gasteiger partial charge in [-0.05, 0) is 24.3 Å². The third-order valence-electron chi connectivity index (χ3n) is 4.30. The van der Waals surface area contributed by atoms with Gasteiger partial charge in [-0.1, -0.05) is 0 Å². The van der Waals surface area contributed by atoms with Gasteiger partial charge in [0.2, 0.25) is 0 Å². The van der Waals surface area contributed by atoms with Crippen LogP contribution in [0.2, 0.25) is 0 Å². The van der Waals surface area contributed by atoms with Crippen molar-refractivity contribution >= 4 is 17.4 Å². The van der Waals surface area contributed by atoms with Crippen LogP contribution in [0.15, 0.2) is 29.6 Å². The molecule has 0 bridgehead atoms. The number of benzene rings is 1. The first-order chi connectivity index (χ1) is 12.1. The zero-order chi connectivity index (χ0) is 17.8. The van der Waals surface area contributed by atoms with E-state index in [0.717, 1.165) is 54.7 Å². The molecule has 1 aromatic carbocycles. The average Bonchev–Trinajstić information content (AvgIpc) is 3.10. The number of nitrogens with zero attached hydrogens (tertiary/aromatic N) is 4. The van der Waals surface area contributed by atoms with Gasteiger partial charge in [0, 0.05) is 57.8 Å². The average molecular weight is 360 g/mol. The van der Waals surface area contributed by atoms with E-state index < -0.39 is 0 Å². The molecule has 2 aromatic rings. The topological polar surface area (TPSA) is 48.9 Å². The first-order valence-electron chi connectivity index (χ1n) is 8.34. The molecule has 0 radical (unpaired) electrons. The third-order valence-corrected chi connectivity index (χ3v) is 5.24. The highest BCUT2D eigenvalue weighted by atomic mass is 32.1. The van der Waals surface area contributed by atoms with Gasteiger partial charge < -0.3 is 14.5 Å². The molecule has 3 rings (SSSR count). The Balaban J connectivity index is 1.56. The van der Waals surface area contributed by atoms with E-state index in [-0.39, 0.29) is 6.03 Å². The Labute approximate surface area is 152 Å². The molecule has 0 aliphatic carbocycles. The predicted octanol–water partition coefficient (Wildman–Crippen LogP) is 2.62. The van der Waals surface area contributed by atoms with E-state index in [9.17, 15) is 4.79 Å². The second kappa shape index (κ2) is 7.84. The lowest BCUT2D eigenvalue weighted by Gasteiger charge is -2.35. The number of ether oxygens (including phenoxy) is 1. The van der Waals surface area contributed by atoms with Crippen LogP contribution in [0.25, 0.3) is 10.6 Å². The fourth-order valence-corrected chi connectivity index (χ4v) is 3.67. The Kier molecular flexibility index (Phi) is 5.55. The van der Waals surface area contributed by atoms with Gasteiger partial charge in [-0.2, -0.15) is 0 Å². The van der Waals surface area contributed by atoms with Gasteiger partial charge in [0.25, 0.3) is 0 Å². The van der Waals surface area contributed by atoms with E-state index in [0.29, 0.717) is 0 Å². The predicted molar refractivity (Wildman–Crippen MR) is 100 cm³/mol. The summed E-state index contributed by atoms with van der Waals surface area (Å²) in [6.45, 7) is 4.14. The molecule has 0 N–H and O–H groups in total. The molecule has 0 unspecified atom stereocenters. The maximum absolute atomic E-state index is 12.0. The fraction of sp³-hybridized carbons (Fsp3) is 0.444. The number of rotatable bonds is 4. The number of hydrogen-bond acceptors (Lipinski definition) is 5. The molecule has 2 amide bonds.